The van der Waals surface area contributed by atoms with Crippen LogP contribution in [0.15, 0.2) is 0 Å². The van der Waals surface area contributed by atoms with Crippen LogP contribution in [-0.4, -0.2) is 12.6 Å². The van der Waals surface area contributed by atoms with Crippen LogP contribution in [0.3, 0.4) is 0 Å². The fourth-order valence-electron chi connectivity index (χ4n) is 3.84. The van der Waals surface area contributed by atoms with E-state index >= 15 is 0 Å². The third-order valence-electron chi connectivity index (χ3n) is 4.77. The molecule has 0 bridgehead atoms. The van der Waals surface area contributed by atoms with Gasteiger partial charge >= 0.3 is 0 Å². The second-order valence-electron chi connectivity index (χ2n) is 5.87. The molecule has 1 nitrogen and oxygen atoms in total. The quantitative estimate of drug-likeness (QED) is 0.677. The average Bonchev–Trinajstić information content (AvgIpc) is 2.19. The molecule has 82 valence electrons. The maximum Gasteiger partial charge on any atom is 0.0209 e. The van der Waals surface area contributed by atoms with E-state index in [1.54, 1.807) is 0 Å². The van der Waals surface area contributed by atoms with Gasteiger partial charge in [-0.25, -0.2) is 0 Å². The summed E-state index contributed by atoms with van der Waals surface area (Å²) in [6.07, 6.45) is 8.66. The van der Waals surface area contributed by atoms with E-state index in [0.717, 1.165) is 17.8 Å². The minimum atomic E-state index is 0.518. The van der Waals surface area contributed by atoms with Crippen molar-refractivity contribution in [3.8, 4) is 0 Å². The molecule has 2 aliphatic carbocycles. The van der Waals surface area contributed by atoms with Gasteiger partial charge in [0.15, 0.2) is 0 Å². The smallest absolute Gasteiger partial charge is 0.0209 e. The van der Waals surface area contributed by atoms with Crippen LogP contribution in [0, 0.1) is 17.8 Å². The van der Waals surface area contributed by atoms with Crippen molar-refractivity contribution >= 4 is 0 Å². The molecule has 4 atom stereocenters. The van der Waals surface area contributed by atoms with E-state index in [1.165, 1.54) is 38.5 Å². The molecule has 1 N–H and O–H groups in total. The molecule has 2 aliphatic rings. The van der Waals surface area contributed by atoms with Gasteiger partial charge in [0.2, 0.25) is 0 Å². The van der Waals surface area contributed by atoms with Crippen molar-refractivity contribution in [2.75, 3.05) is 7.05 Å². The van der Waals surface area contributed by atoms with E-state index in [-0.39, 0.29) is 0 Å². The van der Waals surface area contributed by atoms with Crippen molar-refractivity contribution < 1.29 is 0 Å². The van der Waals surface area contributed by atoms with Crippen LogP contribution < -0.4 is 5.32 Å². The number of hydrogen-bond donors (Lipinski definition) is 1. The predicted octanol–water partition coefficient (Wildman–Crippen LogP) is 3.20. The predicted molar refractivity (Wildman–Crippen MR) is 61.3 cm³/mol. The molecule has 0 aromatic rings. The van der Waals surface area contributed by atoms with E-state index in [4.69, 9.17) is 0 Å². The van der Waals surface area contributed by atoms with Crippen LogP contribution in [-0.2, 0) is 0 Å². The zero-order valence-electron chi connectivity index (χ0n) is 9.97. The largest absolute Gasteiger partial charge is 0.314 e. The van der Waals surface area contributed by atoms with E-state index < -0.39 is 0 Å². The van der Waals surface area contributed by atoms with Crippen LogP contribution >= 0.6 is 0 Å². The first-order chi connectivity index (χ1) is 6.66. The van der Waals surface area contributed by atoms with Crippen LogP contribution in [0.4, 0.5) is 0 Å². The highest BCUT2D eigenvalue weighted by Crippen LogP contribution is 2.47. The number of nitrogens with one attached hydrogen (secondary N) is 1. The van der Waals surface area contributed by atoms with E-state index in [9.17, 15) is 0 Å². The summed E-state index contributed by atoms with van der Waals surface area (Å²) in [7, 11) is 2.18. The highest BCUT2D eigenvalue weighted by Gasteiger charge is 2.44. The van der Waals surface area contributed by atoms with Crippen molar-refractivity contribution in [1.82, 2.24) is 5.32 Å². The normalized spacial score (nSPS) is 48.6. The fourth-order valence-corrected chi connectivity index (χ4v) is 3.84. The lowest BCUT2D eigenvalue weighted by atomic mass is 9.60. The summed E-state index contributed by atoms with van der Waals surface area (Å²) in [5, 5.41) is 3.67. The van der Waals surface area contributed by atoms with Gasteiger partial charge in [0, 0.05) is 5.54 Å². The monoisotopic (exact) mass is 195 g/mol. The first-order valence-electron chi connectivity index (χ1n) is 6.35. The third kappa shape index (κ3) is 1.71. The van der Waals surface area contributed by atoms with Crippen molar-refractivity contribution in [1.29, 1.82) is 0 Å². The number of hydrogen-bond acceptors (Lipinski definition) is 1. The molecule has 0 aromatic heterocycles. The first-order valence-corrected chi connectivity index (χ1v) is 6.35. The highest BCUT2D eigenvalue weighted by atomic mass is 15.0. The van der Waals surface area contributed by atoms with Gasteiger partial charge in [0.25, 0.3) is 0 Å². The summed E-state index contributed by atoms with van der Waals surface area (Å²) in [5.74, 6) is 2.87. The van der Waals surface area contributed by atoms with Gasteiger partial charge in [-0.3, -0.25) is 0 Å². The van der Waals surface area contributed by atoms with Gasteiger partial charge < -0.3 is 5.32 Å². The highest BCUT2D eigenvalue weighted by molar-refractivity contribution is 5.01. The van der Waals surface area contributed by atoms with E-state index in [1.807, 2.05) is 0 Å². The molecule has 0 saturated heterocycles. The van der Waals surface area contributed by atoms with Crippen LogP contribution in [0.25, 0.3) is 0 Å². The maximum atomic E-state index is 3.67. The Kier molecular flexibility index (Phi) is 2.88. The molecule has 2 saturated carbocycles. The van der Waals surface area contributed by atoms with Crippen LogP contribution in [0.2, 0.25) is 0 Å². The molecule has 0 radical (unpaired) electrons. The average molecular weight is 195 g/mol. The maximum absolute atomic E-state index is 3.67. The molecular formula is C13H25N. The molecule has 0 aromatic carbocycles. The zero-order chi connectivity index (χ0) is 10.2. The molecule has 1 heteroatoms. The van der Waals surface area contributed by atoms with E-state index in [0.29, 0.717) is 5.54 Å². The van der Waals surface area contributed by atoms with Gasteiger partial charge in [0.05, 0.1) is 0 Å². The fraction of sp³-hybridized carbons (Fsp3) is 1.00. The number of fused-ring (bicyclic) bond motifs is 1. The van der Waals surface area contributed by atoms with Gasteiger partial charge in [-0.15, -0.1) is 0 Å². The summed E-state index contributed by atoms with van der Waals surface area (Å²) in [6.45, 7) is 4.85. The Morgan fingerprint density at radius 2 is 1.86 bits per heavy atom. The zero-order valence-corrected chi connectivity index (χ0v) is 9.97. The second-order valence-corrected chi connectivity index (χ2v) is 5.87. The molecular weight excluding hydrogens is 170 g/mol. The Labute approximate surface area is 88.7 Å². The summed E-state index contributed by atoms with van der Waals surface area (Å²) in [6, 6.07) is 0. The third-order valence-corrected chi connectivity index (χ3v) is 4.77. The lowest BCUT2D eigenvalue weighted by molar-refractivity contribution is 0.0517. The molecule has 0 heterocycles. The van der Waals surface area contributed by atoms with Crippen molar-refractivity contribution in [2.45, 2.75) is 57.9 Å². The van der Waals surface area contributed by atoms with Crippen LogP contribution in [0.1, 0.15) is 52.4 Å². The molecule has 0 amide bonds. The lowest BCUT2D eigenvalue weighted by Crippen LogP contribution is -2.55. The Morgan fingerprint density at radius 3 is 2.57 bits per heavy atom. The minimum absolute atomic E-state index is 0.518. The first kappa shape index (κ1) is 10.5. The standard InChI is InChI=1S/C13H25N/c1-10-6-7-13(14-3)9-11(2)4-5-12(13)8-10/h10-12,14H,4-9H2,1-3H3/t10-,11+,12?,13?/m1/s1. The lowest BCUT2D eigenvalue weighted by Gasteiger charge is -2.51. The minimum Gasteiger partial charge on any atom is -0.314 e. The van der Waals surface area contributed by atoms with Gasteiger partial charge in [-0.2, -0.15) is 0 Å². The summed E-state index contributed by atoms with van der Waals surface area (Å²) < 4.78 is 0. The molecule has 2 rings (SSSR count). The topological polar surface area (TPSA) is 12.0 Å². The Bertz CT molecular complexity index is 201. The number of rotatable bonds is 1. The molecule has 14 heavy (non-hydrogen) atoms. The van der Waals surface area contributed by atoms with Gasteiger partial charge in [-0.1, -0.05) is 20.3 Å². The Balaban J connectivity index is 2.12. The van der Waals surface area contributed by atoms with E-state index in [2.05, 4.69) is 26.2 Å². The molecule has 0 aliphatic heterocycles. The summed E-state index contributed by atoms with van der Waals surface area (Å²) in [4.78, 5) is 0. The van der Waals surface area contributed by atoms with Gasteiger partial charge in [0.1, 0.15) is 0 Å². The summed E-state index contributed by atoms with van der Waals surface area (Å²) in [5.41, 5.74) is 0.518. The second kappa shape index (κ2) is 3.84. The Hall–Kier alpha value is -0.0400. The molecule has 2 unspecified atom stereocenters. The van der Waals surface area contributed by atoms with Crippen LogP contribution in [0.5, 0.6) is 0 Å². The summed E-state index contributed by atoms with van der Waals surface area (Å²) >= 11 is 0. The SMILES string of the molecule is CNC12CC[C@@H](C)CC1CC[C@H](C)C2. The van der Waals surface area contributed by atoms with Crippen molar-refractivity contribution in [3.63, 3.8) is 0 Å². The molecule has 0 spiro atoms. The van der Waals surface area contributed by atoms with Gasteiger partial charge in [-0.05, 0) is 56.9 Å². The van der Waals surface area contributed by atoms with Crippen molar-refractivity contribution in [3.05, 3.63) is 0 Å². The Morgan fingerprint density at radius 1 is 1.07 bits per heavy atom. The molecule has 2 fully saturated rings. The van der Waals surface area contributed by atoms with Crippen molar-refractivity contribution in [2.24, 2.45) is 17.8 Å².